The summed E-state index contributed by atoms with van der Waals surface area (Å²) >= 11 is 0. The molecule has 2 N–H and O–H groups in total. The number of aromatic nitrogens is 2. The zero-order valence-electron chi connectivity index (χ0n) is 14.2. The Morgan fingerprint density at radius 1 is 1.43 bits per heavy atom. The summed E-state index contributed by atoms with van der Waals surface area (Å²) in [5.74, 6) is 1.04. The van der Waals surface area contributed by atoms with Crippen LogP contribution in [0, 0.1) is 6.92 Å². The molecule has 1 heterocycles. The van der Waals surface area contributed by atoms with E-state index in [0.717, 1.165) is 36.6 Å². The average Bonchev–Trinajstić information content (AvgIpc) is 2.68. The largest absolute Gasteiger partial charge is 0.355 e. The zero-order valence-corrected chi connectivity index (χ0v) is 14.2. The molecule has 120 valence electrons. The van der Waals surface area contributed by atoms with Crippen molar-refractivity contribution in [1.82, 2.24) is 20.4 Å². The van der Waals surface area contributed by atoms with Gasteiger partial charge in [0.05, 0.1) is 12.2 Å². The van der Waals surface area contributed by atoms with E-state index in [1.807, 2.05) is 37.5 Å². The number of rotatable bonds is 8. The van der Waals surface area contributed by atoms with Crippen LogP contribution in [-0.2, 0) is 18.4 Å². The first kappa shape index (κ1) is 17.5. The van der Waals surface area contributed by atoms with Crippen LogP contribution in [0.15, 0.2) is 0 Å². The molecule has 0 aromatic carbocycles. The van der Waals surface area contributed by atoms with Crippen molar-refractivity contribution < 1.29 is 4.79 Å². The molecule has 0 unspecified atom stereocenters. The number of carbonyl (C=O) groups is 1. The van der Waals surface area contributed by atoms with Crippen molar-refractivity contribution in [3.05, 3.63) is 11.3 Å². The van der Waals surface area contributed by atoms with Crippen LogP contribution in [0.1, 0.15) is 38.4 Å². The Morgan fingerprint density at radius 2 is 2.10 bits per heavy atom. The van der Waals surface area contributed by atoms with Crippen LogP contribution in [-0.4, -0.2) is 41.9 Å². The van der Waals surface area contributed by atoms with E-state index >= 15 is 0 Å². The van der Waals surface area contributed by atoms with Crippen LogP contribution in [0.2, 0.25) is 0 Å². The lowest BCUT2D eigenvalue weighted by molar-refractivity contribution is -0.119. The molecule has 0 aliphatic rings. The Morgan fingerprint density at radius 3 is 2.67 bits per heavy atom. The van der Waals surface area contributed by atoms with E-state index in [2.05, 4.69) is 29.6 Å². The van der Waals surface area contributed by atoms with Gasteiger partial charge in [-0.15, -0.1) is 0 Å². The molecule has 0 atom stereocenters. The first-order valence-electron chi connectivity index (χ1n) is 7.60. The Kier molecular flexibility index (Phi) is 6.68. The molecule has 0 saturated carbocycles. The van der Waals surface area contributed by atoms with E-state index in [0.29, 0.717) is 12.6 Å². The van der Waals surface area contributed by atoms with Gasteiger partial charge in [-0.3, -0.25) is 9.48 Å². The second-order valence-corrected chi connectivity index (χ2v) is 5.75. The number of hydrogen-bond acceptors (Lipinski definition) is 4. The Balaban J connectivity index is 2.82. The Hall–Kier alpha value is -1.56. The molecule has 0 aliphatic heterocycles. The summed E-state index contributed by atoms with van der Waals surface area (Å²) in [5, 5.41) is 10.8. The molecule has 0 fully saturated rings. The minimum atomic E-state index is 0.0426. The summed E-state index contributed by atoms with van der Waals surface area (Å²) in [6.07, 6.45) is 0.948. The molecular formula is C15H29N5O. The lowest BCUT2D eigenvalue weighted by Gasteiger charge is -2.21. The highest BCUT2D eigenvalue weighted by Crippen LogP contribution is 2.22. The third-order valence-corrected chi connectivity index (χ3v) is 3.31. The van der Waals surface area contributed by atoms with Gasteiger partial charge in [-0.1, -0.05) is 20.8 Å². The number of aryl methyl sites for hydroxylation is 2. The van der Waals surface area contributed by atoms with Gasteiger partial charge < -0.3 is 15.5 Å². The predicted octanol–water partition coefficient (Wildman–Crippen LogP) is 1.19. The lowest BCUT2D eigenvalue weighted by Crippen LogP contribution is -2.37. The van der Waals surface area contributed by atoms with E-state index in [1.165, 1.54) is 0 Å². The summed E-state index contributed by atoms with van der Waals surface area (Å²) in [6, 6.07) is 0.413. The molecule has 0 radical (unpaired) electrons. The van der Waals surface area contributed by atoms with Gasteiger partial charge in [-0.25, -0.2) is 0 Å². The molecule has 6 nitrogen and oxygen atoms in total. The van der Waals surface area contributed by atoms with Gasteiger partial charge in [0, 0.05) is 38.8 Å². The van der Waals surface area contributed by atoms with Crippen molar-refractivity contribution >= 4 is 11.7 Å². The van der Waals surface area contributed by atoms with Crippen molar-refractivity contribution in [2.75, 3.05) is 25.0 Å². The summed E-state index contributed by atoms with van der Waals surface area (Å²) in [4.78, 5) is 13.8. The van der Waals surface area contributed by atoms with E-state index in [-0.39, 0.29) is 5.91 Å². The quantitative estimate of drug-likeness (QED) is 0.756. The number of carbonyl (C=O) groups excluding carboxylic acids is 1. The van der Waals surface area contributed by atoms with E-state index in [1.54, 1.807) is 0 Å². The molecule has 0 saturated heterocycles. The van der Waals surface area contributed by atoms with E-state index < -0.39 is 0 Å². The van der Waals surface area contributed by atoms with Crippen molar-refractivity contribution in [2.45, 2.75) is 46.7 Å². The van der Waals surface area contributed by atoms with Crippen molar-refractivity contribution in [2.24, 2.45) is 7.05 Å². The van der Waals surface area contributed by atoms with E-state index in [4.69, 9.17) is 0 Å². The Bertz CT molecular complexity index is 467. The van der Waals surface area contributed by atoms with Crippen LogP contribution in [0.25, 0.3) is 0 Å². The second kappa shape index (κ2) is 8.02. The van der Waals surface area contributed by atoms with Crippen LogP contribution < -0.4 is 15.5 Å². The topological polar surface area (TPSA) is 62.2 Å². The summed E-state index contributed by atoms with van der Waals surface area (Å²) < 4.78 is 1.85. The van der Waals surface area contributed by atoms with Gasteiger partial charge in [0.2, 0.25) is 5.91 Å². The van der Waals surface area contributed by atoms with Crippen molar-refractivity contribution in [1.29, 1.82) is 0 Å². The standard InChI is InChI=1S/C15H29N5O/c1-7-8-16-14(21)10-19(5)15-13(9-17-11(2)3)12(4)18-20(15)6/h11,17H,7-10H2,1-6H3,(H,16,21). The van der Waals surface area contributed by atoms with Crippen LogP contribution in [0.3, 0.4) is 0 Å². The molecule has 0 bridgehead atoms. The molecule has 0 spiro atoms. The minimum absolute atomic E-state index is 0.0426. The number of nitrogens with one attached hydrogen (secondary N) is 2. The number of likely N-dealkylation sites (N-methyl/N-ethyl adjacent to an activating group) is 1. The second-order valence-electron chi connectivity index (χ2n) is 5.75. The van der Waals surface area contributed by atoms with Crippen molar-refractivity contribution in [3.63, 3.8) is 0 Å². The summed E-state index contributed by atoms with van der Waals surface area (Å²) in [5.41, 5.74) is 2.15. The summed E-state index contributed by atoms with van der Waals surface area (Å²) in [6.45, 7) is 10.1. The SMILES string of the molecule is CCCNC(=O)CN(C)c1c(CNC(C)C)c(C)nn1C. The van der Waals surface area contributed by atoms with Gasteiger partial charge in [-0.2, -0.15) is 5.10 Å². The van der Waals surface area contributed by atoms with Crippen LogP contribution in [0.5, 0.6) is 0 Å². The fourth-order valence-electron chi connectivity index (χ4n) is 2.29. The van der Waals surface area contributed by atoms with Crippen LogP contribution >= 0.6 is 0 Å². The highest BCUT2D eigenvalue weighted by molar-refractivity contribution is 5.81. The average molecular weight is 295 g/mol. The minimum Gasteiger partial charge on any atom is -0.355 e. The van der Waals surface area contributed by atoms with E-state index in [9.17, 15) is 4.79 Å². The smallest absolute Gasteiger partial charge is 0.239 e. The number of anilines is 1. The number of hydrogen-bond donors (Lipinski definition) is 2. The maximum Gasteiger partial charge on any atom is 0.239 e. The van der Waals surface area contributed by atoms with Crippen LogP contribution in [0.4, 0.5) is 5.82 Å². The Labute approximate surface area is 127 Å². The molecule has 6 heteroatoms. The highest BCUT2D eigenvalue weighted by atomic mass is 16.2. The lowest BCUT2D eigenvalue weighted by atomic mass is 10.2. The zero-order chi connectivity index (χ0) is 16.0. The fraction of sp³-hybridized carbons (Fsp3) is 0.733. The van der Waals surface area contributed by atoms with Gasteiger partial charge in [0.1, 0.15) is 5.82 Å². The molecule has 1 amide bonds. The normalized spacial score (nSPS) is 11.0. The first-order chi connectivity index (χ1) is 9.86. The van der Waals surface area contributed by atoms with Gasteiger partial charge >= 0.3 is 0 Å². The third-order valence-electron chi connectivity index (χ3n) is 3.31. The molecule has 0 aliphatic carbocycles. The summed E-state index contributed by atoms with van der Waals surface area (Å²) in [7, 11) is 3.85. The number of amides is 1. The molecule has 1 rings (SSSR count). The third kappa shape index (κ3) is 5.04. The van der Waals surface area contributed by atoms with Gasteiger partial charge in [0.15, 0.2) is 0 Å². The molecule has 1 aromatic rings. The van der Waals surface area contributed by atoms with Gasteiger partial charge in [0.25, 0.3) is 0 Å². The van der Waals surface area contributed by atoms with Gasteiger partial charge in [-0.05, 0) is 13.3 Å². The predicted molar refractivity (Wildman–Crippen MR) is 86.5 cm³/mol. The molecule has 21 heavy (non-hydrogen) atoms. The molecule has 1 aromatic heterocycles. The highest BCUT2D eigenvalue weighted by Gasteiger charge is 2.18. The monoisotopic (exact) mass is 295 g/mol. The first-order valence-corrected chi connectivity index (χ1v) is 7.60. The fourth-order valence-corrected chi connectivity index (χ4v) is 2.29. The number of nitrogens with zero attached hydrogens (tertiary/aromatic N) is 3. The molecular weight excluding hydrogens is 266 g/mol. The maximum atomic E-state index is 11.9. The maximum absolute atomic E-state index is 11.9. The van der Waals surface area contributed by atoms with Crippen molar-refractivity contribution in [3.8, 4) is 0 Å².